The number of likely N-dealkylation sites (N-methyl/N-ethyl adjacent to an activating group) is 1. The van der Waals surface area contributed by atoms with Crippen LogP contribution in [0.25, 0.3) is 0 Å². The monoisotopic (exact) mass is 267 g/mol. The van der Waals surface area contributed by atoms with Crippen molar-refractivity contribution in [3.8, 4) is 5.75 Å². The van der Waals surface area contributed by atoms with Crippen LogP contribution in [0.5, 0.6) is 5.75 Å². The quantitative estimate of drug-likeness (QED) is 0.571. The highest BCUT2D eigenvalue weighted by atomic mass is 16.4. The van der Waals surface area contributed by atoms with Gasteiger partial charge in [-0.25, -0.2) is 9.59 Å². The van der Waals surface area contributed by atoms with Crippen LogP contribution >= 0.6 is 0 Å². The van der Waals surface area contributed by atoms with Gasteiger partial charge in [-0.15, -0.1) is 0 Å². The Bertz CT molecular complexity index is 529. The van der Waals surface area contributed by atoms with E-state index in [9.17, 15) is 19.5 Å². The molecule has 0 unspecified atom stereocenters. The van der Waals surface area contributed by atoms with Crippen LogP contribution in [-0.4, -0.2) is 46.6 Å². The normalized spacial score (nSPS) is 9.74. The zero-order chi connectivity index (χ0) is 14.6. The lowest BCUT2D eigenvalue weighted by Crippen LogP contribution is -2.38. The van der Waals surface area contributed by atoms with E-state index in [0.29, 0.717) is 0 Å². The second-order valence-electron chi connectivity index (χ2n) is 3.79. The van der Waals surface area contributed by atoms with E-state index in [2.05, 4.69) is 5.32 Å². The number of carbonyl (C=O) groups is 3. The van der Waals surface area contributed by atoms with Crippen molar-refractivity contribution in [2.45, 2.75) is 0 Å². The van der Waals surface area contributed by atoms with E-state index in [1.165, 1.54) is 19.2 Å². The Morgan fingerprint density at radius 2 is 2.00 bits per heavy atom. The van der Waals surface area contributed by atoms with Gasteiger partial charge in [0.25, 0.3) is 0 Å². The van der Waals surface area contributed by atoms with Crippen molar-refractivity contribution in [1.82, 2.24) is 4.90 Å². The largest absolute Gasteiger partial charge is 0.508 e. The maximum atomic E-state index is 11.7. The fourth-order valence-electron chi connectivity index (χ4n) is 1.33. The second kappa shape index (κ2) is 5.71. The standard InChI is InChI=1S/C11H13N3O5/c1-14(5-9(12)16)11(19)13-8-3-2-6(15)4-7(8)10(17)18/h2-4,15H,5H2,1H3,(H2,12,16)(H,13,19)(H,17,18). The van der Waals surface area contributed by atoms with Gasteiger partial charge in [0.15, 0.2) is 0 Å². The molecule has 0 aliphatic heterocycles. The van der Waals surface area contributed by atoms with Gasteiger partial charge in [0, 0.05) is 7.05 Å². The van der Waals surface area contributed by atoms with Crippen molar-refractivity contribution >= 4 is 23.6 Å². The van der Waals surface area contributed by atoms with Gasteiger partial charge in [-0.05, 0) is 18.2 Å². The van der Waals surface area contributed by atoms with E-state index < -0.39 is 17.9 Å². The summed E-state index contributed by atoms with van der Waals surface area (Å²) < 4.78 is 0. The van der Waals surface area contributed by atoms with E-state index in [0.717, 1.165) is 11.0 Å². The lowest BCUT2D eigenvalue weighted by molar-refractivity contribution is -0.118. The number of hydrogen-bond acceptors (Lipinski definition) is 4. The molecule has 0 atom stereocenters. The van der Waals surface area contributed by atoms with Gasteiger partial charge in [-0.3, -0.25) is 4.79 Å². The molecule has 1 rings (SSSR count). The first kappa shape index (κ1) is 14.3. The number of nitrogens with zero attached hydrogens (tertiary/aromatic N) is 1. The van der Waals surface area contributed by atoms with Gasteiger partial charge in [-0.2, -0.15) is 0 Å². The van der Waals surface area contributed by atoms with Crippen LogP contribution in [0.4, 0.5) is 10.5 Å². The number of anilines is 1. The molecule has 0 fully saturated rings. The fraction of sp³-hybridized carbons (Fsp3) is 0.182. The first-order chi connectivity index (χ1) is 8.81. The number of rotatable bonds is 4. The van der Waals surface area contributed by atoms with Crippen LogP contribution in [0, 0.1) is 0 Å². The number of primary amides is 1. The summed E-state index contributed by atoms with van der Waals surface area (Å²) in [6, 6.07) is 2.80. The van der Waals surface area contributed by atoms with Gasteiger partial charge < -0.3 is 26.2 Å². The molecule has 5 N–H and O–H groups in total. The summed E-state index contributed by atoms with van der Waals surface area (Å²) in [5, 5.41) is 20.4. The molecule has 19 heavy (non-hydrogen) atoms. The lowest BCUT2D eigenvalue weighted by atomic mass is 10.1. The molecule has 0 aromatic heterocycles. The summed E-state index contributed by atoms with van der Waals surface area (Å²) in [5.74, 6) is -2.23. The van der Waals surface area contributed by atoms with Gasteiger partial charge in [-0.1, -0.05) is 0 Å². The van der Waals surface area contributed by atoms with Crippen LogP contribution in [0.1, 0.15) is 10.4 Å². The number of carboxylic acids is 1. The summed E-state index contributed by atoms with van der Waals surface area (Å²) in [5.41, 5.74) is 4.68. The first-order valence-electron chi connectivity index (χ1n) is 5.18. The molecular formula is C11H13N3O5. The minimum Gasteiger partial charge on any atom is -0.508 e. The fourth-order valence-corrected chi connectivity index (χ4v) is 1.33. The predicted octanol–water partition coefficient (Wildman–Crippen LogP) is 0.0394. The summed E-state index contributed by atoms with van der Waals surface area (Å²) in [6.07, 6.45) is 0. The molecule has 8 heteroatoms. The molecule has 0 saturated heterocycles. The number of hydrogen-bond donors (Lipinski definition) is 4. The average molecular weight is 267 g/mol. The zero-order valence-electron chi connectivity index (χ0n) is 10.1. The van der Waals surface area contributed by atoms with Gasteiger partial charge in [0.1, 0.15) is 12.3 Å². The molecule has 3 amide bonds. The molecule has 0 radical (unpaired) electrons. The molecular weight excluding hydrogens is 254 g/mol. The van der Waals surface area contributed by atoms with Crippen LogP contribution in [0.15, 0.2) is 18.2 Å². The number of urea groups is 1. The Hall–Kier alpha value is -2.77. The number of amides is 3. The molecule has 0 aliphatic rings. The van der Waals surface area contributed by atoms with Crippen molar-refractivity contribution < 1.29 is 24.6 Å². The lowest BCUT2D eigenvalue weighted by Gasteiger charge is -2.17. The number of carboxylic acid groups (broad SMARTS) is 1. The second-order valence-corrected chi connectivity index (χ2v) is 3.79. The maximum Gasteiger partial charge on any atom is 0.337 e. The minimum atomic E-state index is -1.30. The van der Waals surface area contributed by atoms with E-state index >= 15 is 0 Å². The molecule has 102 valence electrons. The van der Waals surface area contributed by atoms with Crippen LogP contribution < -0.4 is 11.1 Å². The third-order valence-corrected chi connectivity index (χ3v) is 2.21. The van der Waals surface area contributed by atoms with Crippen molar-refractivity contribution in [1.29, 1.82) is 0 Å². The molecule has 0 spiro atoms. The highest BCUT2D eigenvalue weighted by molar-refractivity contribution is 6.00. The highest BCUT2D eigenvalue weighted by Crippen LogP contribution is 2.21. The number of carbonyl (C=O) groups excluding carboxylic acids is 2. The Balaban J connectivity index is 2.90. The van der Waals surface area contributed by atoms with E-state index in [1.807, 2.05) is 0 Å². The highest BCUT2D eigenvalue weighted by Gasteiger charge is 2.16. The van der Waals surface area contributed by atoms with Gasteiger partial charge >= 0.3 is 12.0 Å². The molecule has 1 aromatic carbocycles. The van der Waals surface area contributed by atoms with E-state index in [1.54, 1.807) is 0 Å². The Kier molecular flexibility index (Phi) is 4.30. The van der Waals surface area contributed by atoms with Gasteiger partial charge in [0.2, 0.25) is 5.91 Å². The van der Waals surface area contributed by atoms with Crippen molar-refractivity contribution in [2.75, 3.05) is 18.9 Å². The van der Waals surface area contributed by atoms with Crippen molar-refractivity contribution in [3.63, 3.8) is 0 Å². The Morgan fingerprint density at radius 1 is 1.37 bits per heavy atom. The van der Waals surface area contributed by atoms with Crippen molar-refractivity contribution in [2.24, 2.45) is 5.73 Å². The molecule has 8 nitrogen and oxygen atoms in total. The van der Waals surface area contributed by atoms with E-state index in [4.69, 9.17) is 10.8 Å². The molecule has 0 aliphatic carbocycles. The molecule has 1 aromatic rings. The van der Waals surface area contributed by atoms with Gasteiger partial charge in [0.05, 0.1) is 11.3 Å². The SMILES string of the molecule is CN(CC(N)=O)C(=O)Nc1ccc(O)cc1C(=O)O. The first-order valence-corrected chi connectivity index (χ1v) is 5.18. The van der Waals surface area contributed by atoms with Crippen LogP contribution in [-0.2, 0) is 4.79 Å². The maximum absolute atomic E-state index is 11.7. The molecule has 0 saturated carbocycles. The summed E-state index contributed by atoms with van der Waals surface area (Å²) in [7, 11) is 1.33. The molecule has 0 heterocycles. The number of phenolic OH excluding ortho intramolecular Hbond substituents is 1. The Morgan fingerprint density at radius 3 is 2.53 bits per heavy atom. The van der Waals surface area contributed by atoms with Crippen molar-refractivity contribution in [3.05, 3.63) is 23.8 Å². The number of phenols is 1. The summed E-state index contributed by atoms with van der Waals surface area (Å²) in [6.45, 7) is -0.299. The number of aromatic hydroxyl groups is 1. The number of benzene rings is 1. The average Bonchev–Trinajstić information content (AvgIpc) is 2.30. The topological polar surface area (TPSA) is 133 Å². The summed E-state index contributed by atoms with van der Waals surface area (Å²) in [4.78, 5) is 34.3. The summed E-state index contributed by atoms with van der Waals surface area (Å²) >= 11 is 0. The minimum absolute atomic E-state index is 0.00613. The predicted molar refractivity (Wildman–Crippen MR) is 65.9 cm³/mol. The number of nitrogens with one attached hydrogen (secondary N) is 1. The van der Waals surface area contributed by atoms with Crippen LogP contribution in [0.3, 0.4) is 0 Å². The number of aromatic carboxylic acids is 1. The molecule has 0 bridgehead atoms. The van der Waals surface area contributed by atoms with E-state index in [-0.39, 0.29) is 23.5 Å². The smallest absolute Gasteiger partial charge is 0.337 e. The third kappa shape index (κ3) is 3.87. The number of nitrogens with two attached hydrogens (primary N) is 1. The Labute approximate surface area is 108 Å². The zero-order valence-corrected chi connectivity index (χ0v) is 10.1. The third-order valence-electron chi connectivity index (χ3n) is 2.21. The van der Waals surface area contributed by atoms with Crippen LogP contribution in [0.2, 0.25) is 0 Å².